The van der Waals surface area contributed by atoms with Crippen molar-refractivity contribution in [3.8, 4) is 12.1 Å². The Balaban J connectivity index is 2.84. The van der Waals surface area contributed by atoms with E-state index in [1.54, 1.807) is 4.90 Å². The Labute approximate surface area is 75.2 Å². The van der Waals surface area contributed by atoms with Gasteiger partial charge in [0.05, 0.1) is 18.3 Å². The molecule has 6 heteroatoms. The van der Waals surface area contributed by atoms with Gasteiger partial charge in [-0.05, 0) is 0 Å². The number of aromatic nitrogens is 2. The second-order valence-electron chi connectivity index (χ2n) is 2.34. The van der Waals surface area contributed by atoms with Crippen LogP contribution in [-0.4, -0.2) is 23.3 Å². The average Bonchev–Trinajstić information content (AvgIpc) is 2.51. The van der Waals surface area contributed by atoms with E-state index in [0.29, 0.717) is 11.5 Å². The maximum absolute atomic E-state index is 8.48. The number of nitriles is 2. The van der Waals surface area contributed by atoms with Crippen LogP contribution in [0.5, 0.6) is 0 Å². The highest BCUT2D eigenvalue weighted by Gasteiger charge is 2.09. The third-order valence-corrected chi connectivity index (χ3v) is 1.51. The summed E-state index contributed by atoms with van der Waals surface area (Å²) in [6.45, 7) is 0.245. The van der Waals surface area contributed by atoms with Gasteiger partial charge in [0, 0.05) is 0 Å². The lowest BCUT2D eigenvalue weighted by Crippen LogP contribution is -2.24. The molecule has 0 unspecified atom stereocenters. The lowest BCUT2D eigenvalue weighted by atomic mass is 10.4. The molecular formula is C7H8N6. The number of nitrogen functional groups attached to an aromatic ring is 1. The molecule has 13 heavy (non-hydrogen) atoms. The quantitative estimate of drug-likeness (QED) is 0.623. The Morgan fingerprint density at radius 2 is 2.08 bits per heavy atom. The first kappa shape index (κ1) is 8.88. The van der Waals surface area contributed by atoms with E-state index in [2.05, 4.69) is 10.2 Å². The van der Waals surface area contributed by atoms with Crippen molar-refractivity contribution >= 4 is 11.5 Å². The van der Waals surface area contributed by atoms with E-state index in [-0.39, 0.29) is 13.1 Å². The van der Waals surface area contributed by atoms with Crippen LogP contribution in [-0.2, 0) is 0 Å². The Kier molecular flexibility index (Phi) is 2.72. The van der Waals surface area contributed by atoms with E-state index in [4.69, 9.17) is 16.3 Å². The first-order valence-electron chi connectivity index (χ1n) is 3.57. The first-order valence-corrected chi connectivity index (χ1v) is 3.57. The van der Waals surface area contributed by atoms with Crippen LogP contribution in [0.2, 0.25) is 0 Å². The van der Waals surface area contributed by atoms with Crippen molar-refractivity contribution in [2.75, 3.05) is 23.7 Å². The maximum Gasteiger partial charge on any atom is 0.142 e. The number of nitrogens with one attached hydrogen (secondary N) is 1. The van der Waals surface area contributed by atoms with E-state index in [1.807, 2.05) is 12.1 Å². The predicted molar refractivity (Wildman–Crippen MR) is 46.4 cm³/mol. The van der Waals surface area contributed by atoms with Gasteiger partial charge >= 0.3 is 0 Å². The highest BCUT2D eigenvalue weighted by Crippen LogP contribution is 2.18. The summed E-state index contributed by atoms with van der Waals surface area (Å²) in [5.41, 5.74) is 6.11. The highest BCUT2D eigenvalue weighted by molar-refractivity contribution is 5.62. The zero-order valence-corrected chi connectivity index (χ0v) is 6.86. The number of nitrogens with two attached hydrogens (primary N) is 1. The lowest BCUT2D eigenvalue weighted by molar-refractivity contribution is 0.969. The number of anilines is 2. The third kappa shape index (κ3) is 1.88. The van der Waals surface area contributed by atoms with Crippen LogP contribution in [0, 0.1) is 22.7 Å². The number of hydrogen-bond acceptors (Lipinski definition) is 5. The predicted octanol–water partition coefficient (Wildman–Crippen LogP) is -0.155. The van der Waals surface area contributed by atoms with Gasteiger partial charge in [-0.3, -0.25) is 5.10 Å². The molecule has 0 fully saturated rings. The Morgan fingerprint density at radius 3 is 2.46 bits per heavy atom. The summed E-state index contributed by atoms with van der Waals surface area (Å²) in [6.07, 6.45) is 1.49. The highest BCUT2D eigenvalue weighted by atomic mass is 15.2. The van der Waals surface area contributed by atoms with E-state index in [9.17, 15) is 0 Å². The second kappa shape index (κ2) is 3.98. The molecule has 0 aliphatic heterocycles. The molecule has 1 rings (SSSR count). The largest absolute Gasteiger partial charge is 0.382 e. The molecule has 0 spiro atoms. The van der Waals surface area contributed by atoms with Crippen LogP contribution in [0.4, 0.5) is 11.5 Å². The molecule has 1 aromatic rings. The molecule has 0 aromatic carbocycles. The fourth-order valence-corrected chi connectivity index (χ4v) is 0.939. The summed E-state index contributed by atoms with van der Waals surface area (Å²) in [7, 11) is 0. The van der Waals surface area contributed by atoms with Gasteiger partial charge in [0.1, 0.15) is 24.6 Å². The van der Waals surface area contributed by atoms with E-state index >= 15 is 0 Å². The standard InChI is InChI=1S/C7H8N6/c8-1-3-13(4-2-9)6-5-11-12-7(6)10/h5H,3-4H2,(H3,10,11,12). The Hall–Kier alpha value is -2.21. The van der Waals surface area contributed by atoms with Crippen molar-refractivity contribution in [2.45, 2.75) is 0 Å². The molecule has 0 radical (unpaired) electrons. The minimum absolute atomic E-state index is 0.122. The minimum Gasteiger partial charge on any atom is -0.382 e. The SMILES string of the molecule is N#CCN(CC#N)c1cn[nH]c1N. The summed E-state index contributed by atoms with van der Waals surface area (Å²) in [6, 6.07) is 3.89. The van der Waals surface area contributed by atoms with Crippen LogP contribution in [0.1, 0.15) is 0 Å². The average molecular weight is 176 g/mol. The number of nitrogens with zero attached hydrogens (tertiary/aromatic N) is 4. The third-order valence-electron chi connectivity index (χ3n) is 1.51. The van der Waals surface area contributed by atoms with E-state index in [1.165, 1.54) is 6.20 Å². The lowest BCUT2D eigenvalue weighted by Gasteiger charge is -2.15. The van der Waals surface area contributed by atoms with Crippen LogP contribution >= 0.6 is 0 Å². The van der Waals surface area contributed by atoms with Crippen molar-refractivity contribution in [1.82, 2.24) is 10.2 Å². The van der Waals surface area contributed by atoms with E-state index < -0.39 is 0 Å². The summed E-state index contributed by atoms with van der Waals surface area (Å²) >= 11 is 0. The fourth-order valence-electron chi connectivity index (χ4n) is 0.939. The zero-order chi connectivity index (χ0) is 9.68. The van der Waals surface area contributed by atoms with Gasteiger partial charge in [0.25, 0.3) is 0 Å². The van der Waals surface area contributed by atoms with Gasteiger partial charge in [-0.15, -0.1) is 0 Å². The minimum atomic E-state index is 0.122. The number of aromatic amines is 1. The fraction of sp³-hybridized carbons (Fsp3) is 0.286. The van der Waals surface area contributed by atoms with Gasteiger partial charge in [-0.25, -0.2) is 0 Å². The van der Waals surface area contributed by atoms with Crippen molar-refractivity contribution in [2.24, 2.45) is 0 Å². The van der Waals surface area contributed by atoms with Crippen molar-refractivity contribution in [3.05, 3.63) is 6.20 Å². The van der Waals surface area contributed by atoms with Crippen molar-refractivity contribution in [1.29, 1.82) is 10.5 Å². The molecule has 0 bridgehead atoms. The molecule has 0 atom stereocenters. The molecule has 3 N–H and O–H groups in total. The van der Waals surface area contributed by atoms with Gasteiger partial charge < -0.3 is 10.6 Å². The summed E-state index contributed by atoms with van der Waals surface area (Å²) in [5, 5.41) is 23.2. The molecule has 66 valence electrons. The molecule has 0 aliphatic rings. The molecular weight excluding hydrogens is 168 g/mol. The topological polar surface area (TPSA) is 106 Å². The van der Waals surface area contributed by atoms with Crippen LogP contribution in [0.3, 0.4) is 0 Å². The molecule has 0 amide bonds. The molecule has 0 saturated carbocycles. The van der Waals surface area contributed by atoms with Crippen molar-refractivity contribution in [3.63, 3.8) is 0 Å². The Bertz CT molecular complexity index is 338. The smallest absolute Gasteiger partial charge is 0.142 e. The maximum atomic E-state index is 8.48. The van der Waals surface area contributed by atoms with Gasteiger partial charge in [0.15, 0.2) is 0 Å². The monoisotopic (exact) mass is 176 g/mol. The number of H-pyrrole nitrogens is 1. The number of hydrogen-bond donors (Lipinski definition) is 2. The summed E-state index contributed by atoms with van der Waals surface area (Å²) in [5.74, 6) is 0.366. The summed E-state index contributed by atoms with van der Waals surface area (Å²) < 4.78 is 0. The van der Waals surface area contributed by atoms with Gasteiger partial charge in [-0.1, -0.05) is 0 Å². The Morgan fingerprint density at radius 1 is 1.46 bits per heavy atom. The zero-order valence-electron chi connectivity index (χ0n) is 6.86. The van der Waals surface area contributed by atoms with Gasteiger partial charge in [-0.2, -0.15) is 15.6 Å². The van der Waals surface area contributed by atoms with E-state index in [0.717, 1.165) is 0 Å². The molecule has 6 nitrogen and oxygen atoms in total. The molecule has 0 saturated heterocycles. The van der Waals surface area contributed by atoms with Crippen molar-refractivity contribution < 1.29 is 0 Å². The molecule has 1 heterocycles. The van der Waals surface area contributed by atoms with Crippen LogP contribution < -0.4 is 10.6 Å². The second-order valence-corrected chi connectivity index (χ2v) is 2.34. The molecule has 0 aliphatic carbocycles. The van der Waals surface area contributed by atoms with Crippen LogP contribution in [0.25, 0.3) is 0 Å². The normalized spacial score (nSPS) is 8.77. The van der Waals surface area contributed by atoms with Crippen LogP contribution in [0.15, 0.2) is 6.20 Å². The first-order chi connectivity index (χ1) is 6.29. The van der Waals surface area contributed by atoms with Gasteiger partial charge in [0.2, 0.25) is 0 Å². The summed E-state index contributed by atoms with van der Waals surface area (Å²) in [4.78, 5) is 1.54. The molecule has 1 aromatic heterocycles. The number of rotatable bonds is 3.